The van der Waals surface area contributed by atoms with Crippen LogP contribution in [0.2, 0.25) is 0 Å². The van der Waals surface area contributed by atoms with Gasteiger partial charge in [0.15, 0.2) is 5.82 Å². The molecule has 1 atom stereocenters. The fourth-order valence-corrected chi connectivity index (χ4v) is 4.73. The molecule has 4 aromatic rings. The number of pyridine rings is 1. The standard InChI is InChI=1S/C31H31F3N6O3/c1-4-27-36-18-37-28(39-27)25-8-5-11-35-30(25)43-26-13-20(10-9-19(26)2)29(41)38-22-14-21(31(32,33)34)15-24(16-22)42-17-23-7-6-12-40(23)3/h5,8-11,13-16,18,23H,4,6-7,12,17H2,1-3H3,(H,38,41)/t23-/m0/s1. The van der Waals surface area contributed by atoms with Crippen LogP contribution in [0.3, 0.4) is 0 Å². The Labute approximate surface area is 247 Å². The number of likely N-dealkylation sites (tertiary alicyclic amines) is 1. The zero-order valence-corrected chi connectivity index (χ0v) is 24.0. The molecule has 0 unspecified atom stereocenters. The highest BCUT2D eigenvalue weighted by molar-refractivity contribution is 6.04. The van der Waals surface area contributed by atoms with E-state index in [0.717, 1.165) is 31.5 Å². The Morgan fingerprint density at radius 3 is 2.70 bits per heavy atom. The number of benzene rings is 2. The molecular formula is C31H31F3N6O3. The van der Waals surface area contributed by atoms with Crippen LogP contribution in [0.15, 0.2) is 61.1 Å². The van der Waals surface area contributed by atoms with Gasteiger partial charge in [-0.15, -0.1) is 0 Å². The minimum absolute atomic E-state index is 0.0330. The van der Waals surface area contributed by atoms with Gasteiger partial charge >= 0.3 is 6.18 Å². The average molecular weight is 593 g/mol. The number of amides is 1. The second-order valence-corrected chi connectivity index (χ2v) is 10.3. The highest BCUT2D eigenvalue weighted by Crippen LogP contribution is 2.35. The number of hydrogen-bond acceptors (Lipinski definition) is 8. The van der Waals surface area contributed by atoms with Crippen molar-refractivity contribution in [3.05, 3.63) is 83.6 Å². The average Bonchev–Trinajstić information content (AvgIpc) is 3.41. The van der Waals surface area contributed by atoms with E-state index in [1.165, 1.54) is 18.5 Å². The molecule has 0 spiro atoms. The summed E-state index contributed by atoms with van der Waals surface area (Å²) in [6.07, 6.45) is 0.905. The van der Waals surface area contributed by atoms with Crippen LogP contribution < -0.4 is 14.8 Å². The van der Waals surface area contributed by atoms with Crippen LogP contribution in [0.25, 0.3) is 11.4 Å². The van der Waals surface area contributed by atoms with Crippen molar-refractivity contribution in [3.63, 3.8) is 0 Å². The van der Waals surface area contributed by atoms with E-state index < -0.39 is 17.6 Å². The molecule has 0 aliphatic carbocycles. The normalized spacial score (nSPS) is 15.3. The highest BCUT2D eigenvalue weighted by Gasteiger charge is 2.32. The van der Waals surface area contributed by atoms with Crippen molar-refractivity contribution in [1.82, 2.24) is 24.8 Å². The number of halogens is 3. The molecule has 2 aromatic carbocycles. The first-order valence-electron chi connectivity index (χ1n) is 13.9. The molecule has 224 valence electrons. The largest absolute Gasteiger partial charge is 0.492 e. The first kappa shape index (κ1) is 29.9. The summed E-state index contributed by atoms with van der Waals surface area (Å²) < 4.78 is 53.0. The summed E-state index contributed by atoms with van der Waals surface area (Å²) in [5, 5.41) is 2.58. The molecule has 43 heavy (non-hydrogen) atoms. The van der Waals surface area contributed by atoms with Crippen LogP contribution in [-0.2, 0) is 12.6 Å². The number of hydrogen-bond donors (Lipinski definition) is 1. The lowest BCUT2D eigenvalue weighted by molar-refractivity contribution is -0.137. The van der Waals surface area contributed by atoms with Crippen LogP contribution in [0.1, 0.15) is 47.1 Å². The van der Waals surface area contributed by atoms with Crippen molar-refractivity contribution < 1.29 is 27.4 Å². The predicted molar refractivity (Wildman–Crippen MR) is 154 cm³/mol. The Hall–Kier alpha value is -4.58. The molecule has 1 aliphatic heterocycles. The molecular weight excluding hydrogens is 561 g/mol. The lowest BCUT2D eigenvalue weighted by atomic mass is 10.1. The van der Waals surface area contributed by atoms with E-state index >= 15 is 0 Å². The summed E-state index contributed by atoms with van der Waals surface area (Å²) in [5.74, 6) is 0.991. The number of nitrogens with zero attached hydrogens (tertiary/aromatic N) is 5. The van der Waals surface area contributed by atoms with Crippen molar-refractivity contribution >= 4 is 11.6 Å². The van der Waals surface area contributed by atoms with Gasteiger partial charge in [-0.1, -0.05) is 13.0 Å². The van der Waals surface area contributed by atoms with Gasteiger partial charge in [-0.3, -0.25) is 4.79 Å². The maximum atomic E-state index is 13.7. The van der Waals surface area contributed by atoms with Gasteiger partial charge in [-0.25, -0.2) is 19.9 Å². The second kappa shape index (κ2) is 12.7. The third kappa shape index (κ3) is 7.26. The van der Waals surface area contributed by atoms with E-state index in [0.29, 0.717) is 34.9 Å². The second-order valence-electron chi connectivity index (χ2n) is 10.3. The molecule has 9 nitrogen and oxygen atoms in total. The summed E-state index contributed by atoms with van der Waals surface area (Å²) in [6.45, 7) is 4.90. The number of ether oxygens (including phenoxy) is 2. The highest BCUT2D eigenvalue weighted by atomic mass is 19.4. The summed E-state index contributed by atoms with van der Waals surface area (Å²) in [5.41, 5.74) is 0.476. The van der Waals surface area contributed by atoms with Crippen molar-refractivity contribution in [2.24, 2.45) is 0 Å². The van der Waals surface area contributed by atoms with E-state index in [-0.39, 0.29) is 35.5 Å². The SMILES string of the molecule is CCc1ncnc(-c2cccnc2Oc2cc(C(=O)Nc3cc(OC[C@@H]4CCCN4C)cc(C(F)(F)F)c3)ccc2C)n1. The van der Waals surface area contributed by atoms with Gasteiger partial charge in [-0.2, -0.15) is 13.2 Å². The van der Waals surface area contributed by atoms with Gasteiger partial charge in [0.2, 0.25) is 5.88 Å². The molecule has 0 saturated carbocycles. The zero-order chi connectivity index (χ0) is 30.6. The monoisotopic (exact) mass is 592 g/mol. The number of nitrogens with one attached hydrogen (secondary N) is 1. The Morgan fingerprint density at radius 2 is 1.95 bits per heavy atom. The number of likely N-dealkylation sites (N-methyl/N-ethyl adjacent to an activating group) is 1. The van der Waals surface area contributed by atoms with E-state index in [2.05, 4.69) is 30.2 Å². The maximum Gasteiger partial charge on any atom is 0.416 e. The number of alkyl halides is 3. The molecule has 1 amide bonds. The van der Waals surface area contributed by atoms with Gasteiger partial charge in [0.05, 0.1) is 11.1 Å². The summed E-state index contributed by atoms with van der Waals surface area (Å²) in [7, 11) is 1.96. The van der Waals surface area contributed by atoms with E-state index in [1.807, 2.05) is 14.0 Å². The van der Waals surface area contributed by atoms with E-state index in [9.17, 15) is 18.0 Å². The van der Waals surface area contributed by atoms with Crippen molar-refractivity contribution in [2.75, 3.05) is 25.5 Å². The summed E-state index contributed by atoms with van der Waals surface area (Å²) >= 11 is 0. The molecule has 1 aliphatic rings. The fraction of sp³-hybridized carbons (Fsp3) is 0.323. The third-order valence-corrected chi connectivity index (χ3v) is 7.21. The lowest BCUT2D eigenvalue weighted by Crippen LogP contribution is -2.30. The van der Waals surface area contributed by atoms with Gasteiger partial charge in [-0.05, 0) is 75.3 Å². The molecule has 1 N–H and O–H groups in total. The lowest BCUT2D eigenvalue weighted by Gasteiger charge is -2.20. The molecule has 12 heteroatoms. The van der Waals surface area contributed by atoms with Crippen LogP contribution in [0, 0.1) is 6.92 Å². The summed E-state index contributed by atoms with van der Waals surface area (Å²) in [6, 6.07) is 11.6. The third-order valence-electron chi connectivity index (χ3n) is 7.21. The fourth-order valence-electron chi connectivity index (χ4n) is 4.73. The molecule has 2 aromatic heterocycles. The van der Waals surface area contributed by atoms with Crippen LogP contribution >= 0.6 is 0 Å². The van der Waals surface area contributed by atoms with Crippen molar-refractivity contribution in [3.8, 4) is 28.8 Å². The zero-order valence-electron chi connectivity index (χ0n) is 24.0. The van der Waals surface area contributed by atoms with Crippen LogP contribution in [0.5, 0.6) is 17.4 Å². The molecule has 3 heterocycles. The van der Waals surface area contributed by atoms with E-state index in [1.54, 1.807) is 37.4 Å². The Balaban J connectivity index is 1.37. The molecule has 0 bridgehead atoms. The van der Waals surface area contributed by atoms with Gasteiger partial charge < -0.3 is 19.7 Å². The molecule has 5 rings (SSSR count). The van der Waals surface area contributed by atoms with Crippen molar-refractivity contribution in [1.29, 1.82) is 0 Å². The number of aryl methyl sites for hydroxylation is 2. The van der Waals surface area contributed by atoms with Gasteiger partial charge in [0.25, 0.3) is 5.91 Å². The minimum Gasteiger partial charge on any atom is -0.492 e. The summed E-state index contributed by atoms with van der Waals surface area (Å²) in [4.78, 5) is 32.5. The number of carbonyl (C=O) groups excluding carboxylic acids is 1. The topological polar surface area (TPSA) is 102 Å². The maximum absolute atomic E-state index is 13.7. The van der Waals surface area contributed by atoms with Crippen LogP contribution in [0.4, 0.5) is 18.9 Å². The Morgan fingerprint density at radius 1 is 1.12 bits per heavy atom. The number of rotatable bonds is 9. The quantitative estimate of drug-likeness (QED) is 0.240. The number of anilines is 1. The number of carbonyl (C=O) groups is 1. The van der Waals surface area contributed by atoms with Crippen molar-refractivity contribution in [2.45, 2.75) is 45.3 Å². The predicted octanol–water partition coefficient (Wildman–Crippen LogP) is 6.34. The first-order chi connectivity index (χ1) is 20.6. The van der Waals surface area contributed by atoms with E-state index in [4.69, 9.17) is 9.47 Å². The van der Waals surface area contributed by atoms with Gasteiger partial charge in [0.1, 0.15) is 30.3 Å². The Bertz CT molecular complexity index is 1610. The molecule has 1 fully saturated rings. The van der Waals surface area contributed by atoms with Gasteiger partial charge in [0, 0.05) is 36.0 Å². The molecule has 1 saturated heterocycles. The first-order valence-corrected chi connectivity index (χ1v) is 13.9. The molecule has 0 radical (unpaired) electrons. The minimum atomic E-state index is -4.62. The smallest absolute Gasteiger partial charge is 0.416 e. The Kier molecular flexibility index (Phi) is 8.86. The van der Waals surface area contributed by atoms with Crippen LogP contribution in [-0.4, -0.2) is 57.0 Å². The number of aromatic nitrogens is 4.